The first-order valence-corrected chi connectivity index (χ1v) is 9.76. The molecule has 1 N–H and O–H groups in total. The van der Waals surface area contributed by atoms with Crippen LogP contribution in [0, 0.1) is 0 Å². The summed E-state index contributed by atoms with van der Waals surface area (Å²) >= 11 is 0. The third kappa shape index (κ3) is 4.83. The van der Waals surface area contributed by atoms with E-state index in [-0.39, 0.29) is 5.91 Å². The van der Waals surface area contributed by atoms with Gasteiger partial charge in [-0.3, -0.25) is 9.69 Å². The number of benzene rings is 1. The minimum absolute atomic E-state index is 0.129. The topological polar surface area (TPSA) is 71.3 Å². The van der Waals surface area contributed by atoms with Crippen molar-refractivity contribution in [3.05, 3.63) is 53.7 Å². The van der Waals surface area contributed by atoms with E-state index >= 15 is 0 Å². The Hall–Kier alpha value is -2.47. The Morgan fingerprint density at radius 2 is 1.93 bits per heavy atom. The Balaban J connectivity index is 1.71. The van der Waals surface area contributed by atoms with Gasteiger partial charge in [-0.1, -0.05) is 62.2 Å². The number of aromatic nitrogens is 2. The van der Waals surface area contributed by atoms with E-state index in [1.165, 1.54) is 0 Å². The monoisotopic (exact) mass is 368 g/mol. The quantitative estimate of drug-likeness (QED) is 0.722. The van der Waals surface area contributed by atoms with Crippen LogP contribution in [0.3, 0.4) is 0 Å². The lowest BCUT2D eigenvalue weighted by molar-refractivity contribution is -0.118. The van der Waals surface area contributed by atoms with Crippen LogP contribution in [0.5, 0.6) is 0 Å². The minimum atomic E-state index is -0.525. The number of carbonyl (C=O) groups excluding carboxylic acids is 1. The molecule has 1 aliphatic carbocycles. The largest absolute Gasteiger partial charge is 0.340 e. The Morgan fingerprint density at radius 3 is 2.59 bits per heavy atom. The van der Waals surface area contributed by atoms with Crippen LogP contribution in [0.4, 0.5) is 0 Å². The third-order valence-corrected chi connectivity index (χ3v) is 5.20. The van der Waals surface area contributed by atoms with E-state index in [0.717, 1.165) is 44.3 Å². The first-order chi connectivity index (χ1) is 13.1. The van der Waals surface area contributed by atoms with Crippen molar-refractivity contribution in [2.45, 2.75) is 51.6 Å². The predicted octanol–water partition coefficient (Wildman–Crippen LogP) is 3.51. The second-order valence-corrected chi connectivity index (χ2v) is 7.00. The van der Waals surface area contributed by atoms with Crippen LogP contribution in [0.1, 0.15) is 56.8 Å². The molecule has 1 aromatic carbocycles. The number of hydrogen-bond donors (Lipinski definition) is 1. The summed E-state index contributed by atoms with van der Waals surface area (Å²) in [5.41, 5.74) is 0.470. The lowest BCUT2D eigenvalue weighted by Crippen LogP contribution is -2.44. The summed E-state index contributed by atoms with van der Waals surface area (Å²) in [7, 11) is 0. The molecule has 6 heteroatoms. The second-order valence-electron chi connectivity index (χ2n) is 7.00. The van der Waals surface area contributed by atoms with Gasteiger partial charge in [-0.05, 0) is 37.6 Å². The maximum atomic E-state index is 12.5. The Bertz CT molecular complexity index is 759. The average Bonchev–Trinajstić information content (AvgIpc) is 3.35. The Morgan fingerprint density at radius 1 is 1.22 bits per heavy atom. The third-order valence-electron chi connectivity index (χ3n) is 5.20. The van der Waals surface area contributed by atoms with Gasteiger partial charge in [0.25, 0.3) is 0 Å². The van der Waals surface area contributed by atoms with Crippen LogP contribution in [-0.2, 0) is 16.9 Å². The summed E-state index contributed by atoms with van der Waals surface area (Å²) in [6.45, 7) is 6.72. The highest BCUT2D eigenvalue weighted by atomic mass is 16.5. The number of amides is 1. The van der Waals surface area contributed by atoms with Crippen molar-refractivity contribution >= 4 is 12.0 Å². The number of nitrogens with zero attached hydrogens (tertiary/aromatic N) is 3. The number of nitrogens with one attached hydrogen (secondary N) is 1. The van der Waals surface area contributed by atoms with Gasteiger partial charge in [0.15, 0.2) is 5.82 Å². The molecular weight excluding hydrogens is 340 g/mol. The van der Waals surface area contributed by atoms with Crippen molar-refractivity contribution in [3.63, 3.8) is 0 Å². The van der Waals surface area contributed by atoms with E-state index < -0.39 is 5.54 Å². The highest BCUT2D eigenvalue weighted by Crippen LogP contribution is 2.37. The van der Waals surface area contributed by atoms with E-state index in [1.807, 2.05) is 36.4 Å². The van der Waals surface area contributed by atoms with Crippen molar-refractivity contribution in [3.8, 4) is 0 Å². The molecule has 6 nitrogen and oxygen atoms in total. The van der Waals surface area contributed by atoms with Gasteiger partial charge >= 0.3 is 0 Å². The van der Waals surface area contributed by atoms with Gasteiger partial charge in [0.2, 0.25) is 11.8 Å². The first kappa shape index (κ1) is 19.3. The number of hydrogen-bond acceptors (Lipinski definition) is 5. The summed E-state index contributed by atoms with van der Waals surface area (Å²) in [5, 5.41) is 7.36. The predicted molar refractivity (Wildman–Crippen MR) is 105 cm³/mol. The van der Waals surface area contributed by atoms with E-state index in [4.69, 9.17) is 4.52 Å². The van der Waals surface area contributed by atoms with Gasteiger partial charge in [-0.15, -0.1) is 0 Å². The van der Waals surface area contributed by atoms with Gasteiger partial charge in [0.05, 0.1) is 6.54 Å². The van der Waals surface area contributed by atoms with Gasteiger partial charge < -0.3 is 9.84 Å². The molecule has 3 rings (SSSR count). The van der Waals surface area contributed by atoms with Crippen LogP contribution in [0.25, 0.3) is 6.08 Å². The zero-order chi connectivity index (χ0) is 19.1. The van der Waals surface area contributed by atoms with Gasteiger partial charge in [-0.2, -0.15) is 4.98 Å². The Kier molecular flexibility index (Phi) is 6.40. The molecule has 1 fully saturated rings. The second kappa shape index (κ2) is 8.95. The van der Waals surface area contributed by atoms with Crippen molar-refractivity contribution < 1.29 is 9.32 Å². The van der Waals surface area contributed by atoms with E-state index in [1.54, 1.807) is 6.08 Å². The fraction of sp³-hybridized carbons (Fsp3) is 0.476. The summed E-state index contributed by atoms with van der Waals surface area (Å²) < 4.78 is 5.48. The summed E-state index contributed by atoms with van der Waals surface area (Å²) in [5.74, 6) is 1.08. The van der Waals surface area contributed by atoms with Gasteiger partial charge in [0, 0.05) is 6.08 Å². The molecule has 0 bridgehead atoms. The fourth-order valence-electron chi connectivity index (χ4n) is 3.55. The molecule has 0 unspecified atom stereocenters. The number of rotatable bonds is 8. The zero-order valence-electron chi connectivity index (χ0n) is 16.1. The van der Waals surface area contributed by atoms with Crippen molar-refractivity contribution in [1.29, 1.82) is 0 Å². The minimum Gasteiger partial charge on any atom is -0.340 e. The molecule has 2 aromatic rings. The van der Waals surface area contributed by atoms with Gasteiger partial charge in [0.1, 0.15) is 5.54 Å². The fourth-order valence-corrected chi connectivity index (χ4v) is 3.55. The molecule has 1 aromatic heterocycles. The molecule has 1 amide bonds. The lowest BCUT2D eigenvalue weighted by atomic mass is 9.96. The first-order valence-electron chi connectivity index (χ1n) is 9.76. The van der Waals surface area contributed by atoms with Crippen molar-refractivity contribution in [1.82, 2.24) is 20.4 Å². The molecule has 0 spiro atoms. The molecule has 144 valence electrons. The van der Waals surface area contributed by atoms with Crippen LogP contribution in [0.15, 0.2) is 40.9 Å². The standard InChI is InChI=1S/C21H28N4O2/c1-3-25(4-2)16-19-22-20(24-27-19)21(14-8-9-15-21)23-18(26)13-12-17-10-6-5-7-11-17/h5-7,10-13H,3-4,8-9,14-16H2,1-2H3,(H,23,26)/b13-12+. The summed E-state index contributed by atoms with van der Waals surface area (Å²) in [4.78, 5) is 19.4. The van der Waals surface area contributed by atoms with E-state index in [9.17, 15) is 4.79 Å². The maximum Gasteiger partial charge on any atom is 0.244 e. The SMILES string of the molecule is CCN(CC)Cc1nc(C2(NC(=O)/C=C/c3ccccc3)CCCC2)no1. The average molecular weight is 368 g/mol. The van der Waals surface area contributed by atoms with Crippen LogP contribution < -0.4 is 5.32 Å². The molecule has 0 aliphatic heterocycles. The smallest absolute Gasteiger partial charge is 0.244 e. The lowest BCUT2D eigenvalue weighted by Gasteiger charge is -2.26. The zero-order valence-corrected chi connectivity index (χ0v) is 16.1. The highest BCUT2D eigenvalue weighted by Gasteiger charge is 2.41. The van der Waals surface area contributed by atoms with Crippen molar-refractivity contribution in [2.24, 2.45) is 0 Å². The van der Waals surface area contributed by atoms with Crippen LogP contribution in [0.2, 0.25) is 0 Å². The molecule has 0 atom stereocenters. The van der Waals surface area contributed by atoms with Crippen molar-refractivity contribution in [2.75, 3.05) is 13.1 Å². The highest BCUT2D eigenvalue weighted by molar-refractivity contribution is 5.92. The molecule has 1 aliphatic rings. The van der Waals surface area contributed by atoms with E-state index in [0.29, 0.717) is 18.3 Å². The maximum absolute atomic E-state index is 12.5. The molecule has 1 heterocycles. The van der Waals surface area contributed by atoms with Crippen LogP contribution >= 0.6 is 0 Å². The summed E-state index contributed by atoms with van der Waals surface area (Å²) in [6.07, 6.45) is 7.15. The van der Waals surface area contributed by atoms with Crippen LogP contribution in [-0.4, -0.2) is 34.0 Å². The van der Waals surface area contributed by atoms with Gasteiger partial charge in [-0.25, -0.2) is 0 Å². The number of carbonyl (C=O) groups is 1. The molecule has 1 saturated carbocycles. The Labute approximate surface area is 160 Å². The molecular formula is C21H28N4O2. The normalized spacial score (nSPS) is 16.3. The van der Waals surface area contributed by atoms with E-state index in [2.05, 4.69) is 34.2 Å². The molecule has 27 heavy (non-hydrogen) atoms. The molecule has 0 saturated heterocycles. The molecule has 0 radical (unpaired) electrons. The summed E-state index contributed by atoms with van der Waals surface area (Å²) in [6, 6.07) is 9.79.